The van der Waals surface area contributed by atoms with Gasteiger partial charge in [-0.25, -0.2) is 9.78 Å². The van der Waals surface area contributed by atoms with Crippen LogP contribution in [0, 0.1) is 0 Å². The van der Waals surface area contributed by atoms with Crippen molar-refractivity contribution in [2.75, 3.05) is 6.61 Å². The second-order valence-corrected chi connectivity index (χ2v) is 9.17. The van der Waals surface area contributed by atoms with Crippen molar-refractivity contribution >= 4 is 23.2 Å². The van der Waals surface area contributed by atoms with Crippen molar-refractivity contribution in [1.29, 1.82) is 0 Å². The number of hydrogen-bond acceptors (Lipinski definition) is 5. The third-order valence-electron chi connectivity index (χ3n) is 5.89. The van der Waals surface area contributed by atoms with Gasteiger partial charge in [0.2, 0.25) is 0 Å². The predicted molar refractivity (Wildman–Crippen MR) is 124 cm³/mol. The Kier molecular flexibility index (Phi) is 9.07. The van der Waals surface area contributed by atoms with E-state index in [-0.39, 0.29) is 11.9 Å². The third kappa shape index (κ3) is 6.63. The molecule has 0 bridgehead atoms. The van der Waals surface area contributed by atoms with E-state index in [9.17, 15) is 9.59 Å². The molecule has 1 heterocycles. The van der Waals surface area contributed by atoms with Crippen LogP contribution in [0.25, 0.3) is 0 Å². The van der Waals surface area contributed by atoms with Crippen LogP contribution in [0.2, 0.25) is 0 Å². The quantitative estimate of drug-likeness (QED) is 0.333. The van der Waals surface area contributed by atoms with E-state index in [1.165, 1.54) is 42.6 Å². The van der Waals surface area contributed by atoms with Gasteiger partial charge in [-0.2, -0.15) is 0 Å². The highest BCUT2D eigenvalue weighted by Crippen LogP contribution is 2.27. The van der Waals surface area contributed by atoms with Gasteiger partial charge in [-0.1, -0.05) is 51.2 Å². The molecule has 5 nitrogen and oxygen atoms in total. The fraction of sp³-hybridized carbons (Fsp3) is 0.560. The fourth-order valence-electron chi connectivity index (χ4n) is 4.15. The van der Waals surface area contributed by atoms with Crippen LogP contribution in [0.1, 0.15) is 96.6 Å². The van der Waals surface area contributed by atoms with Crippen molar-refractivity contribution in [3.63, 3.8) is 0 Å². The minimum Gasteiger partial charge on any atom is -0.461 e. The van der Waals surface area contributed by atoms with Gasteiger partial charge in [0.1, 0.15) is 5.01 Å². The number of unbranched alkanes of at least 4 members (excludes halogenated alkanes) is 2. The molecule has 31 heavy (non-hydrogen) atoms. The lowest BCUT2D eigenvalue weighted by atomic mass is 9.93. The zero-order chi connectivity index (χ0) is 22.1. The average molecular weight is 443 g/mol. The van der Waals surface area contributed by atoms with Gasteiger partial charge in [0.05, 0.1) is 13.2 Å². The minimum absolute atomic E-state index is 0.0555. The van der Waals surface area contributed by atoms with E-state index in [0.717, 1.165) is 42.7 Å². The first-order valence-electron chi connectivity index (χ1n) is 11.6. The largest absolute Gasteiger partial charge is 0.461 e. The zero-order valence-electron chi connectivity index (χ0n) is 18.8. The molecule has 0 radical (unpaired) electrons. The zero-order valence-corrected chi connectivity index (χ0v) is 19.6. The summed E-state index contributed by atoms with van der Waals surface area (Å²) in [5.41, 5.74) is 2.34. The molecule has 0 aliphatic heterocycles. The van der Waals surface area contributed by atoms with E-state index in [4.69, 9.17) is 4.74 Å². The molecule has 168 valence electrons. The summed E-state index contributed by atoms with van der Waals surface area (Å²) in [4.78, 5) is 31.9. The molecule has 6 heteroatoms. The molecule has 1 aliphatic rings. The van der Waals surface area contributed by atoms with Crippen LogP contribution in [0.4, 0.5) is 0 Å². The number of hydrogen-bond donors (Lipinski definition) is 0. The van der Waals surface area contributed by atoms with Crippen LogP contribution in [0.15, 0.2) is 29.6 Å². The summed E-state index contributed by atoms with van der Waals surface area (Å²) in [6.07, 6.45) is 10.3. The molecule has 0 saturated heterocycles. The minimum atomic E-state index is -0.404. The van der Waals surface area contributed by atoms with Gasteiger partial charge >= 0.3 is 5.97 Å². The van der Waals surface area contributed by atoms with Gasteiger partial charge < -0.3 is 9.64 Å². The summed E-state index contributed by atoms with van der Waals surface area (Å²) in [5.74, 6) is -0.348. The number of benzene rings is 1. The van der Waals surface area contributed by atoms with Crippen LogP contribution in [-0.4, -0.2) is 34.4 Å². The topological polar surface area (TPSA) is 59.5 Å². The van der Waals surface area contributed by atoms with Gasteiger partial charge in [-0.15, -0.1) is 11.3 Å². The number of ether oxygens (including phenoxy) is 1. The molecule has 0 unspecified atom stereocenters. The number of carbonyl (C=O) groups excluding carboxylic acids is 2. The summed E-state index contributed by atoms with van der Waals surface area (Å²) in [6.45, 7) is 4.75. The maximum absolute atomic E-state index is 13.5. The molecule has 0 atom stereocenters. The summed E-state index contributed by atoms with van der Waals surface area (Å²) in [7, 11) is 0. The van der Waals surface area contributed by atoms with E-state index in [0.29, 0.717) is 18.8 Å². The van der Waals surface area contributed by atoms with Gasteiger partial charge in [0.25, 0.3) is 5.91 Å². The molecule has 3 rings (SSSR count). The summed E-state index contributed by atoms with van der Waals surface area (Å²) >= 11 is 1.42. The van der Waals surface area contributed by atoms with Crippen LogP contribution < -0.4 is 0 Å². The SMILES string of the molecule is CCCCCc1ccc(C(=O)N(Cc2nc(C(=O)OCC)cs2)C2CCCCC2)cc1. The van der Waals surface area contributed by atoms with E-state index >= 15 is 0 Å². The molecule has 2 aromatic rings. The van der Waals surface area contributed by atoms with Crippen molar-refractivity contribution in [2.24, 2.45) is 0 Å². The first-order valence-corrected chi connectivity index (χ1v) is 12.5. The Morgan fingerprint density at radius 2 is 1.84 bits per heavy atom. The number of aromatic nitrogens is 1. The van der Waals surface area contributed by atoms with Gasteiger partial charge in [-0.05, 0) is 50.3 Å². The lowest BCUT2D eigenvalue weighted by molar-refractivity contribution is 0.0520. The van der Waals surface area contributed by atoms with Gasteiger partial charge in [-0.3, -0.25) is 4.79 Å². The molecular formula is C25H34N2O3S. The maximum atomic E-state index is 13.5. The van der Waals surface area contributed by atoms with Crippen LogP contribution in [0.5, 0.6) is 0 Å². The molecule has 0 spiro atoms. The average Bonchev–Trinajstić information content (AvgIpc) is 3.27. The molecule has 1 aromatic heterocycles. The van der Waals surface area contributed by atoms with Crippen molar-refractivity contribution < 1.29 is 14.3 Å². The summed E-state index contributed by atoms with van der Waals surface area (Å²) < 4.78 is 5.05. The normalized spacial score (nSPS) is 14.4. The van der Waals surface area contributed by atoms with E-state index in [1.54, 1.807) is 12.3 Å². The van der Waals surface area contributed by atoms with Gasteiger partial charge in [0, 0.05) is 17.0 Å². The first-order chi connectivity index (χ1) is 15.1. The molecule has 1 aromatic carbocycles. The number of rotatable bonds is 10. The second kappa shape index (κ2) is 12.0. The number of aryl methyl sites for hydroxylation is 1. The van der Waals surface area contributed by atoms with Crippen molar-refractivity contribution in [3.05, 3.63) is 51.5 Å². The highest BCUT2D eigenvalue weighted by molar-refractivity contribution is 7.09. The number of amides is 1. The number of esters is 1. The Balaban J connectivity index is 1.74. The molecule has 0 N–H and O–H groups in total. The fourth-order valence-corrected chi connectivity index (χ4v) is 4.91. The van der Waals surface area contributed by atoms with E-state index in [1.807, 2.05) is 17.0 Å². The first kappa shape index (κ1) is 23.5. The van der Waals surface area contributed by atoms with Crippen molar-refractivity contribution in [1.82, 2.24) is 9.88 Å². The maximum Gasteiger partial charge on any atom is 0.357 e. The molecular weight excluding hydrogens is 408 g/mol. The monoisotopic (exact) mass is 442 g/mol. The van der Waals surface area contributed by atoms with Crippen molar-refractivity contribution in [2.45, 2.75) is 84.2 Å². The standard InChI is InChI=1S/C25H34N2O3S/c1-3-5-7-10-19-13-15-20(16-14-19)24(28)27(21-11-8-6-9-12-21)17-23-26-22(18-31-23)25(29)30-4-2/h13-16,18,21H,3-12,17H2,1-2H3. The predicted octanol–water partition coefficient (Wildman–Crippen LogP) is 6.03. The second-order valence-electron chi connectivity index (χ2n) is 8.23. The Hall–Kier alpha value is -2.21. The van der Waals surface area contributed by atoms with Gasteiger partial charge in [0.15, 0.2) is 5.69 Å². The lowest BCUT2D eigenvalue weighted by Crippen LogP contribution is -2.41. The third-order valence-corrected chi connectivity index (χ3v) is 6.72. The van der Waals surface area contributed by atoms with Crippen LogP contribution in [-0.2, 0) is 17.7 Å². The Morgan fingerprint density at radius 1 is 1.10 bits per heavy atom. The molecule has 1 aliphatic carbocycles. The highest BCUT2D eigenvalue weighted by atomic mass is 32.1. The Bertz CT molecular complexity index is 841. The number of carbonyl (C=O) groups is 2. The molecule has 1 fully saturated rings. The van der Waals surface area contributed by atoms with E-state index in [2.05, 4.69) is 24.0 Å². The Morgan fingerprint density at radius 3 is 2.52 bits per heavy atom. The molecule has 1 saturated carbocycles. The lowest BCUT2D eigenvalue weighted by Gasteiger charge is -2.34. The summed E-state index contributed by atoms with van der Waals surface area (Å²) in [5, 5.41) is 2.50. The summed E-state index contributed by atoms with van der Waals surface area (Å²) in [6, 6.07) is 8.32. The van der Waals surface area contributed by atoms with E-state index < -0.39 is 5.97 Å². The Labute approximate surface area is 189 Å². The number of thiazole rings is 1. The van der Waals surface area contributed by atoms with Crippen LogP contribution in [0.3, 0.4) is 0 Å². The van der Waals surface area contributed by atoms with Crippen LogP contribution >= 0.6 is 11.3 Å². The van der Waals surface area contributed by atoms with Crippen molar-refractivity contribution in [3.8, 4) is 0 Å². The highest BCUT2D eigenvalue weighted by Gasteiger charge is 2.27. The smallest absolute Gasteiger partial charge is 0.357 e. The molecule has 1 amide bonds. The number of nitrogens with zero attached hydrogens (tertiary/aromatic N) is 2.